The van der Waals surface area contributed by atoms with E-state index >= 15 is 0 Å². The summed E-state index contributed by atoms with van der Waals surface area (Å²) in [5, 5.41) is 5.84. The molecular formula is C15H17N3. The molecule has 92 valence electrons. The van der Waals surface area contributed by atoms with Crippen molar-refractivity contribution in [2.24, 2.45) is 7.05 Å². The van der Waals surface area contributed by atoms with Gasteiger partial charge >= 0.3 is 0 Å². The molecule has 3 heteroatoms. The van der Waals surface area contributed by atoms with Gasteiger partial charge in [-0.15, -0.1) is 0 Å². The molecule has 3 nitrogen and oxygen atoms in total. The number of fused-ring (bicyclic) bond motifs is 1. The average Bonchev–Trinajstić information content (AvgIpc) is 2.82. The Labute approximate surface area is 107 Å². The first-order valence-corrected chi connectivity index (χ1v) is 6.19. The molecule has 2 aromatic heterocycles. The molecule has 0 aliphatic heterocycles. The first-order chi connectivity index (χ1) is 8.65. The van der Waals surface area contributed by atoms with Gasteiger partial charge in [-0.2, -0.15) is 5.10 Å². The van der Waals surface area contributed by atoms with Crippen LogP contribution in [0.25, 0.3) is 10.9 Å². The molecular weight excluding hydrogens is 222 g/mol. The van der Waals surface area contributed by atoms with Gasteiger partial charge in [0.2, 0.25) is 0 Å². The highest BCUT2D eigenvalue weighted by molar-refractivity contribution is 5.83. The van der Waals surface area contributed by atoms with Crippen LogP contribution in [0.3, 0.4) is 0 Å². The van der Waals surface area contributed by atoms with E-state index in [0.29, 0.717) is 0 Å². The highest BCUT2D eigenvalue weighted by Crippen LogP contribution is 2.21. The van der Waals surface area contributed by atoms with Gasteiger partial charge in [-0.25, -0.2) is 0 Å². The van der Waals surface area contributed by atoms with Crippen LogP contribution in [0, 0.1) is 13.8 Å². The highest BCUT2D eigenvalue weighted by Gasteiger charge is 2.08. The second kappa shape index (κ2) is 4.02. The summed E-state index contributed by atoms with van der Waals surface area (Å²) in [7, 11) is 2.09. The summed E-state index contributed by atoms with van der Waals surface area (Å²) in [6, 6.07) is 10.6. The molecule has 0 fully saturated rings. The third-order valence-corrected chi connectivity index (χ3v) is 3.40. The second-order valence-electron chi connectivity index (χ2n) is 4.87. The van der Waals surface area contributed by atoms with Crippen LogP contribution in [-0.4, -0.2) is 14.3 Å². The largest absolute Gasteiger partial charge is 0.350 e. The number of para-hydroxylation sites is 1. The number of hydrogen-bond acceptors (Lipinski definition) is 1. The van der Waals surface area contributed by atoms with E-state index in [1.54, 1.807) is 0 Å². The van der Waals surface area contributed by atoms with E-state index < -0.39 is 0 Å². The minimum Gasteiger partial charge on any atom is -0.350 e. The van der Waals surface area contributed by atoms with Crippen LogP contribution < -0.4 is 0 Å². The third kappa shape index (κ3) is 1.72. The van der Waals surface area contributed by atoms with Crippen LogP contribution in [-0.2, 0) is 13.6 Å². The Morgan fingerprint density at radius 2 is 1.94 bits per heavy atom. The lowest BCUT2D eigenvalue weighted by Gasteiger charge is -2.03. The number of aryl methyl sites for hydroxylation is 3. The van der Waals surface area contributed by atoms with E-state index in [4.69, 9.17) is 0 Å². The fourth-order valence-electron chi connectivity index (χ4n) is 2.55. The Bertz CT molecular complexity index is 704. The number of rotatable bonds is 2. The Morgan fingerprint density at radius 1 is 1.17 bits per heavy atom. The Morgan fingerprint density at radius 3 is 2.67 bits per heavy atom. The maximum absolute atomic E-state index is 4.53. The first kappa shape index (κ1) is 11.1. The predicted octanol–water partition coefficient (Wildman–Crippen LogP) is 3.04. The van der Waals surface area contributed by atoms with E-state index in [9.17, 15) is 0 Å². The summed E-state index contributed by atoms with van der Waals surface area (Å²) in [5.41, 5.74) is 4.88. The van der Waals surface area contributed by atoms with Gasteiger partial charge in [0.05, 0.1) is 12.2 Å². The molecule has 18 heavy (non-hydrogen) atoms. The van der Waals surface area contributed by atoms with Crippen molar-refractivity contribution >= 4 is 10.9 Å². The van der Waals surface area contributed by atoms with Gasteiger partial charge in [-0.1, -0.05) is 18.2 Å². The first-order valence-electron chi connectivity index (χ1n) is 6.19. The summed E-state index contributed by atoms with van der Waals surface area (Å²) in [4.78, 5) is 0. The molecule has 0 spiro atoms. The van der Waals surface area contributed by atoms with E-state index in [0.717, 1.165) is 12.2 Å². The Balaban J connectivity index is 2.08. The number of nitrogens with zero attached hydrogens (tertiary/aromatic N) is 3. The van der Waals surface area contributed by atoms with Gasteiger partial charge < -0.3 is 4.57 Å². The maximum Gasteiger partial charge on any atom is 0.0683 e. The monoisotopic (exact) mass is 239 g/mol. The molecule has 0 bridgehead atoms. The minimum absolute atomic E-state index is 0.834. The summed E-state index contributed by atoms with van der Waals surface area (Å²) in [6.45, 7) is 4.97. The zero-order valence-electron chi connectivity index (χ0n) is 11.0. The molecule has 3 rings (SSSR count). The number of benzene rings is 1. The summed E-state index contributed by atoms with van der Waals surface area (Å²) in [5.74, 6) is 0. The van der Waals surface area contributed by atoms with Gasteiger partial charge in [0.15, 0.2) is 0 Å². The standard InChI is InChI=1S/C15H17N3/c1-11-8-12(2)18(16-11)10-13-9-17(3)15-7-5-4-6-14(13)15/h4-9H,10H2,1-3H3. The van der Waals surface area contributed by atoms with Crippen LogP contribution >= 0.6 is 0 Å². The van der Waals surface area contributed by atoms with E-state index in [-0.39, 0.29) is 0 Å². The summed E-state index contributed by atoms with van der Waals surface area (Å²) < 4.78 is 4.24. The van der Waals surface area contributed by atoms with Gasteiger partial charge in [0.1, 0.15) is 0 Å². The van der Waals surface area contributed by atoms with Crippen LogP contribution in [0.15, 0.2) is 36.5 Å². The Hall–Kier alpha value is -2.03. The molecule has 0 saturated heterocycles. The summed E-state index contributed by atoms with van der Waals surface area (Å²) in [6.07, 6.45) is 2.20. The van der Waals surface area contributed by atoms with Crippen LogP contribution in [0.5, 0.6) is 0 Å². The molecule has 1 aromatic carbocycles. The van der Waals surface area contributed by atoms with Crippen LogP contribution in [0.4, 0.5) is 0 Å². The van der Waals surface area contributed by atoms with Crippen molar-refractivity contribution in [2.45, 2.75) is 20.4 Å². The van der Waals surface area contributed by atoms with Gasteiger partial charge in [0, 0.05) is 29.8 Å². The number of aromatic nitrogens is 3. The van der Waals surface area contributed by atoms with Crippen molar-refractivity contribution < 1.29 is 0 Å². The quantitative estimate of drug-likeness (QED) is 0.674. The fraction of sp³-hybridized carbons (Fsp3) is 0.267. The molecule has 3 aromatic rings. The normalized spacial score (nSPS) is 11.3. The van der Waals surface area contributed by atoms with Crippen molar-refractivity contribution in [3.63, 3.8) is 0 Å². The molecule has 2 heterocycles. The van der Waals surface area contributed by atoms with Crippen molar-refractivity contribution in [3.05, 3.63) is 53.5 Å². The van der Waals surface area contributed by atoms with Crippen molar-refractivity contribution in [2.75, 3.05) is 0 Å². The molecule has 0 unspecified atom stereocenters. The number of hydrogen-bond donors (Lipinski definition) is 0. The van der Waals surface area contributed by atoms with E-state index in [1.807, 2.05) is 6.92 Å². The van der Waals surface area contributed by atoms with Crippen molar-refractivity contribution in [1.82, 2.24) is 14.3 Å². The molecule has 0 N–H and O–H groups in total. The average molecular weight is 239 g/mol. The molecule has 0 saturated carbocycles. The zero-order chi connectivity index (χ0) is 12.7. The highest BCUT2D eigenvalue weighted by atomic mass is 15.3. The molecule has 0 amide bonds. The third-order valence-electron chi connectivity index (χ3n) is 3.40. The van der Waals surface area contributed by atoms with Crippen molar-refractivity contribution in [3.8, 4) is 0 Å². The van der Waals surface area contributed by atoms with Gasteiger partial charge in [0.25, 0.3) is 0 Å². The smallest absolute Gasteiger partial charge is 0.0683 e. The fourth-order valence-corrected chi connectivity index (χ4v) is 2.55. The Kier molecular flexibility index (Phi) is 2.47. The lowest BCUT2D eigenvalue weighted by atomic mass is 10.2. The minimum atomic E-state index is 0.834. The van der Waals surface area contributed by atoms with Crippen LogP contribution in [0.1, 0.15) is 17.0 Å². The van der Waals surface area contributed by atoms with Gasteiger partial charge in [-0.05, 0) is 31.5 Å². The topological polar surface area (TPSA) is 22.8 Å². The molecule has 0 radical (unpaired) electrons. The van der Waals surface area contributed by atoms with Crippen LogP contribution in [0.2, 0.25) is 0 Å². The zero-order valence-corrected chi connectivity index (χ0v) is 11.0. The SMILES string of the molecule is Cc1cc(C)n(Cc2cn(C)c3ccccc23)n1. The lowest BCUT2D eigenvalue weighted by Crippen LogP contribution is -2.03. The molecule has 0 aliphatic carbocycles. The lowest BCUT2D eigenvalue weighted by molar-refractivity contribution is 0.660. The van der Waals surface area contributed by atoms with E-state index in [1.165, 1.54) is 22.2 Å². The second-order valence-corrected chi connectivity index (χ2v) is 4.87. The molecule has 0 atom stereocenters. The van der Waals surface area contributed by atoms with E-state index in [2.05, 4.69) is 64.8 Å². The van der Waals surface area contributed by atoms with Crippen molar-refractivity contribution in [1.29, 1.82) is 0 Å². The van der Waals surface area contributed by atoms with Gasteiger partial charge in [-0.3, -0.25) is 4.68 Å². The predicted molar refractivity (Wildman–Crippen MR) is 73.7 cm³/mol. The molecule has 0 aliphatic rings. The maximum atomic E-state index is 4.53. The summed E-state index contributed by atoms with van der Waals surface area (Å²) >= 11 is 0.